The molecule has 3 rings (SSSR count). The van der Waals surface area contributed by atoms with Gasteiger partial charge in [-0.3, -0.25) is 4.79 Å². The standard InChI is InChI=1S/C21H17FN2O4/c1-12(25)24-18-7-6-13(10-17(18)22)15-4-3-5-16(20(15)26)14-8-9-23-19(11-14)21(27)28-2/h3-11,26H,1-2H3,(H,24,25). The average molecular weight is 380 g/mol. The number of nitrogens with one attached hydrogen (secondary N) is 1. The minimum absolute atomic E-state index is 0.0590. The molecular weight excluding hydrogens is 363 g/mol. The Labute approximate surface area is 160 Å². The van der Waals surface area contributed by atoms with Gasteiger partial charge in [0.25, 0.3) is 0 Å². The number of methoxy groups -OCH3 is 1. The van der Waals surface area contributed by atoms with Crippen molar-refractivity contribution in [2.75, 3.05) is 12.4 Å². The molecule has 0 bridgehead atoms. The molecule has 28 heavy (non-hydrogen) atoms. The molecule has 0 atom stereocenters. The predicted octanol–water partition coefficient (Wildman–Crippen LogP) is 4.01. The lowest BCUT2D eigenvalue weighted by molar-refractivity contribution is -0.114. The molecule has 0 unspecified atom stereocenters. The third-order valence-corrected chi connectivity index (χ3v) is 4.09. The summed E-state index contributed by atoms with van der Waals surface area (Å²) in [5, 5.41) is 13.2. The fraction of sp³-hybridized carbons (Fsp3) is 0.0952. The molecule has 0 aliphatic carbocycles. The lowest BCUT2D eigenvalue weighted by Gasteiger charge is -2.12. The van der Waals surface area contributed by atoms with E-state index in [1.807, 2.05) is 0 Å². The number of hydrogen-bond donors (Lipinski definition) is 2. The van der Waals surface area contributed by atoms with Gasteiger partial charge in [-0.2, -0.15) is 0 Å². The predicted molar refractivity (Wildman–Crippen MR) is 102 cm³/mol. The van der Waals surface area contributed by atoms with Crippen LogP contribution < -0.4 is 5.32 Å². The maximum atomic E-state index is 14.3. The largest absolute Gasteiger partial charge is 0.507 e. The number of rotatable bonds is 4. The number of aromatic nitrogens is 1. The van der Waals surface area contributed by atoms with Crippen LogP contribution in [0.15, 0.2) is 54.7 Å². The van der Waals surface area contributed by atoms with Gasteiger partial charge in [0.1, 0.15) is 17.3 Å². The highest BCUT2D eigenvalue weighted by molar-refractivity contribution is 5.91. The number of amides is 1. The fourth-order valence-corrected chi connectivity index (χ4v) is 2.80. The molecule has 0 aliphatic rings. The van der Waals surface area contributed by atoms with Crippen LogP contribution in [0, 0.1) is 5.82 Å². The van der Waals surface area contributed by atoms with Gasteiger partial charge < -0.3 is 15.2 Å². The lowest BCUT2D eigenvalue weighted by Crippen LogP contribution is -2.07. The average Bonchev–Trinajstić information content (AvgIpc) is 2.69. The van der Waals surface area contributed by atoms with Crippen molar-refractivity contribution in [1.82, 2.24) is 4.98 Å². The van der Waals surface area contributed by atoms with Gasteiger partial charge in [0.15, 0.2) is 0 Å². The van der Waals surface area contributed by atoms with Crippen molar-refractivity contribution in [3.63, 3.8) is 0 Å². The summed E-state index contributed by atoms with van der Waals surface area (Å²) in [6.45, 7) is 1.29. The summed E-state index contributed by atoms with van der Waals surface area (Å²) in [5.41, 5.74) is 2.02. The van der Waals surface area contributed by atoms with E-state index in [1.54, 1.807) is 30.3 Å². The summed E-state index contributed by atoms with van der Waals surface area (Å²) in [7, 11) is 1.26. The van der Waals surface area contributed by atoms with Gasteiger partial charge in [-0.15, -0.1) is 0 Å². The van der Waals surface area contributed by atoms with Crippen molar-refractivity contribution < 1.29 is 23.8 Å². The first-order valence-electron chi connectivity index (χ1n) is 8.35. The van der Waals surface area contributed by atoms with Crippen molar-refractivity contribution >= 4 is 17.6 Å². The molecule has 0 fully saturated rings. The summed E-state index contributed by atoms with van der Waals surface area (Å²) in [6, 6.07) is 12.4. The topological polar surface area (TPSA) is 88.5 Å². The van der Waals surface area contributed by atoms with E-state index in [2.05, 4.69) is 15.0 Å². The monoisotopic (exact) mass is 380 g/mol. The van der Waals surface area contributed by atoms with Gasteiger partial charge in [0.05, 0.1) is 12.8 Å². The van der Waals surface area contributed by atoms with Crippen LogP contribution in [0.5, 0.6) is 5.75 Å². The van der Waals surface area contributed by atoms with Gasteiger partial charge in [-0.05, 0) is 35.4 Å². The van der Waals surface area contributed by atoms with Crippen molar-refractivity contribution in [2.24, 2.45) is 0 Å². The molecule has 142 valence electrons. The second kappa shape index (κ2) is 7.87. The van der Waals surface area contributed by atoms with Crippen LogP contribution in [-0.2, 0) is 9.53 Å². The molecule has 0 saturated heterocycles. The van der Waals surface area contributed by atoms with E-state index < -0.39 is 11.8 Å². The Morgan fingerprint density at radius 2 is 1.75 bits per heavy atom. The molecule has 3 aromatic rings. The van der Waals surface area contributed by atoms with Gasteiger partial charge in [-0.25, -0.2) is 14.2 Å². The Bertz CT molecular complexity index is 1070. The maximum absolute atomic E-state index is 14.3. The Kier molecular flexibility index (Phi) is 5.35. The molecular formula is C21H17FN2O4. The van der Waals surface area contributed by atoms with Crippen molar-refractivity contribution in [3.05, 3.63) is 66.2 Å². The van der Waals surface area contributed by atoms with Crippen LogP contribution in [0.3, 0.4) is 0 Å². The molecule has 7 heteroatoms. The number of halogens is 1. The first-order valence-corrected chi connectivity index (χ1v) is 8.35. The van der Waals surface area contributed by atoms with Gasteiger partial charge in [-0.1, -0.05) is 24.3 Å². The van der Waals surface area contributed by atoms with Crippen molar-refractivity contribution in [2.45, 2.75) is 6.92 Å². The van der Waals surface area contributed by atoms with Crippen LogP contribution in [0.2, 0.25) is 0 Å². The lowest BCUT2D eigenvalue weighted by atomic mass is 9.97. The van der Waals surface area contributed by atoms with Crippen LogP contribution in [0.25, 0.3) is 22.3 Å². The first-order chi connectivity index (χ1) is 13.4. The number of pyridine rings is 1. The Balaban J connectivity index is 2.04. The highest BCUT2D eigenvalue weighted by Crippen LogP contribution is 2.38. The molecule has 1 heterocycles. The summed E-state index contributed by atoms with van der Waals surface area (Å²) in [5.74, 6) is -1.66. The van der Waals surface area contributed by atoms with E-state index in [-0.39, 0.29) is 23.0 Å². The second-order valence-electron chi connectivity index (χ2n) is 6.00. The normalized spacial score (nSPS) is 10.4. The second-order valence-corrected chi connectivity index (χ2v) is 6.00. The van der Waals surface area contributed by atoms with Crippen LogP contribution in [0.1, 0.15) is 17.4 Å². The maximum Gasteiger partial charge on any atom is 0.356 e. The van der Waals surface area contributed by atoms with Gasteiger partial charge in [0, 0.05) is 24.2 Å². The number of aromatic hydroxyl groups is 1. The van der Waals surface area contributed by atoms with Gasteiger partial charge in [0.2, 0.25) is 5.91 Å². The fourth-order valence-electron chi connectivity index (χ4n) is 2.80. The summed E-state index contributed by atoms with van der Waals surface area (Å²) in [4.78, 5) is 26.8. The molecule has 2 aromatic carbocycles. The van der Waals surface area contributed by atoms with E-state index in [9.17, 15) is 19.1 Å². The highest BCUT2D eigenvalue weighted by atomic mass is 19.1. The molecule has 0 radical (unpaired) electrons. The number of hydrogen-bond acceptors (Lipinski definition) is 5. The summed E-state index contributed by atoms with van der Waals surface area (Å²) in [6.07, 6.45) is 1.44. The number of benzene rings is 2. The molecule has 0 aliphatic heterocycles. The SMILES string of the molecule is COC(=O)c1cc(-c2cccc(-c3ccc(NC(C)=O)c(F)c3)c2O)ccn1. The number of para-hydroxylation sites is 1. The minimum Gasteiger partial charge on any atom is -0.507 e. The van der Waals surface area contributed by atoms with Crippen molar-refractivity contribution in [1.29, 1.82) is 0 Å². The van der Waals surface area contributed by atoms with Crippen LogP contribution in [-0.4, -0.2) is 29.1 Å². The van der Waals surface area contributed by atoms with E-state index >= 15 is 0 Å². The number of phenolic OH excluding ortho intramolecular Hbond substituents is 1. The van der Waals surface area contributed by atoms with Crippen LogP contribution >= 0.6 is 0 Å². The molecule has 1 aromatic heterocycles. The first kappa shape index (κ1) is 19.0. The molecule has 6 nitrogen and oxygen atoms in total. The molecule has 1 amide bonds. The summed E-state index contributed by atoms with van der Waals surface area (Å²) >= 11 is 0. The zero-order chi connectivity index (χ0) is 20.3. The van der Waals surface area contributed by atoms with E-state index in [1.165, 1.54) is 38.4 Å². The third kappa shape index (κ3) is 3.83. The quantitative estimate of drug-likeness (QED) is 0.668. The summed E-state index contributed by atoms with van der Waals surface area (Å²) < 4.78 is 18.9. The number of nitrogens with zero attached hydrogens (tertiary/aromatic N) is 1. The highest BCUT2D eigenvalue weighted by Gasteiger charge is 2.15. The van der Waals surface area contributed by atoms with E-state index in [0.29, 0.717) is 22.3 Å². The third-order valence-electron chi connectivity index (χ3n) is 4.09. The number of esters is 1. The Morgan fingerprint density at radius 3 is 2.36 bits per heavy atom. The molecule has 0 saturated carbocycles. The van der Waals surface area contributed by atoms with Crippen LogP contribution in [0.4, 0.5) is 10.1 Å². The Morgan fingerprint density at radius 1 is 1.07 bits per heavy atom. The molecule has 2 N–H and O–H groups in total. The zero-order valence-electron chi connectivity index (χ0n) is 15.2. The zero-order valence-corrected chi connectivity index (χ0v) is 15.2. The minimum atomic E-state index is -0.616. The van der Waals surface area contributed by atoms with E-state index in [0.717, 1.165) is 0 Å². The number of carbonyl (C=O) groups is 2. The Hall–Kier alpha value is -3.74. The van der Waals surface area contributed by atoms with E-state index in [4.69, 9.17) is 0 Å². The van der Waals surface area contributed by atoms with Crippen molar-refractivity contribution in [3.8, 4) is 28.0 Å². The smallest absolute Gasteiger partial charge is 0.356 e. The molecule has 0 spiro atoms. The number of ether oxygens (including phenoxy) is 1. The number of carbonyl (C=O) groups excluding carboxylic acids is 2. The number of phenols is 1. The van der Waals surface area contributed by atoms with Gasteiger partial charge >= 0.3 is 5.97 Å². The number of anilines is 1.